The summed E-state index contributed by atoms with van der Waals surface area (Å²) in [6, 6.07) is 8.97. The summed E-state index contributed by atoms with van der Waals surface area (Å²) in [5.41, 5.74) is 0.766. The van der Waals surface area contributed by atoms with Crippen LogP contribution < -0.4 is 0 Å². The van der Waals surface area contributed by atoms with Gasteiger partial charge in [0.25, 0.3) is 0 Å². The topological polar surface area (TPSA) is 46.6 Å². The number of rotatable bonds is 3. The van der Waals surface area contributed by atoms with Crippen LogP contribution in [0.15, 0.2) is 30.3 Å². The Morgan fingerprint density at radius 1 is 1.25 bits per heavy atom. The van der Waals surface area contributed by atoms with E-state index in [-0.39, 0.29) is 12.1 Å². The molecule has 1 aliphatic heterocycles. The number of carbonyl (C=O) groups excluding carboxylic acids is 2. The maximum atomic E-state index is 12.3. The van der Waals surface area contributed by atoms with Crippen molar-refractivity contribution < 1.29 is 14.3 Å². The van der Waals surface area contributed by atoms with Crippen molar-refractivity contribution in [3.8, 4) is 0 Å². The maximum Gasteiger partial charge on any atom is 0.411 e. The molecule has 1 atom stereocenters. The predicted octanol–water partition coefficient (Wildman–Crippen LogP) is 3.09. The van der Waals surface area contributed by atoms with Gasteiger partial charge in [0.05, 0.1) is 0 Å². The monoisotopic (exact) mass is 293 g/mol. The SMILES string of the molecule is O=C(Cl)C1CCC2(CC2)N1C(=O)OCc1ccccc1. The lowest BCUT2D eigenvalue weighted by Crippen LogP contribution is -2.45. The van der Waals surface area contributed by atoms with Gasteiger partial charge in [0.15, 0.2) is 0 Å². The molecule has 1 aliphatic carbocycles. The summed E-state index contributed by atoms with van der Waals surface area (Å²) in [5.74, 6) is 0. The first-order chi connectivity index (χ1) is 9.62. The van der Waals surface area contributed by atoms with Gasteiger partial charge in [-0.3, -0.25) is 9.69 Å². The van der Waals surface area contributed by atoms with Crippen molar-refractivity contribution in [2.75, 3.05) is 0 Å². The molecule has 1 aromatic rings. The molecule has 106 valence electrons. The molecule has 1 spiro atoms. The van der Waals surface area contributed by atoms with Crippen LogP contribution in [-0.2, 0) is 16.1 Å². The minimum atomic E-state index is -0.526. The number of amides is 1. The van der Waals surface area contributed by atoms with Gasteiger partial charge in [-0.1, -0.05) is 30.3 Å². The summed E-state index contributed by atoms with van der Waals surface area (Å²) in [4.78, 5) is 25.3. The normalized spacial score (nSPS) is 22.9. The summed E-state index contributed by atoms with van der Waals surface area (Å²) < 4.78 is 5.34. The molecule has 2 aliphatic rings. The highest BCUT2D eigenvalue weighted by molar-refractivity contribution is 6.64. The maximum absolute atomic E-state index is 12.3. The average Bonchev–Trinajstić information content (AvgIpc) is 3.10. The Labute approximate surface area is 122 Å². The van der Waals surface area contributed by atoms with E-state index in [0.29, 0.717) is 6.42 Å². The molecule has 20 heavy (non-hydrogen) atoms. The third-order valence-corrected chi connectivity index (χ3v) is 4.45. The molecule has 1 saturated carbocycles. The van der Waals surface area contributed by atoms with E-state index in [4.69, 9.17) is 16.3 Å². The van der Waals surface area contributed by atoms with Crippen molar-refractivity contribution in [3.05, 3.63) is 35.9 Å². The lowest BCUT2D eigenvalue weighted by molar-refractivity contribution is -0.115. The van der Waals surface area contributed by atoms with Crippen LogP contribution >= 0.6 is 11.6 Å². The molecule has 4 nitrogen and oxygen atoms in total. The van der Waals surface area contributed by atoms with E-state index in [1.165, 1.54) is 0 Å². The minimum absolute atomic E-state index is 0.164. The Kier molecular flexibility index (Phi) is 3.42. The number of carbonyl (C=O) groups is 2. The summed E-state index contributed by atoms with van der Waals surface area (Å²) >= 11 is 5.61. The number of halogens is 1. The van der Waals surface area contributed by atoms with Crippen LogP contribution in [0.4, 0.5) is 4.79 Å². The number of benzene rings is 1. The standard InChI is InChI=1S/C15H16ClNO3/c16-13(18)12-6-7-15(8-9-15)17(12)14(19)20-10-11-4-2-1-3-5-11/h1-5,12H,6-10H2. The lowest BCUT2D eigenvalue weighted by Gasteiger charge is -2.27. The van der Waals surface area contributed by atoms with Gasteiger partial charge in [0.2, 0.25) is 5.24 Å². The molecule has 1 unspecified atom stereocenters. The highest BCUT2D eigenvalue weighted by atomic mass is 35.5. The zero-order valence-corrected chi connectivity index (χ0v) is 11.8. The second-order valence-corrected chi connectivity index (χ2v) is 5.87. The number of nitrogens with zero attached hydrogens (tertiary/aromatic N) is 1. The summed E-state index contributed by atoms with van der Waals surface area (Å²) in [6.45, 7) is 0.218. The summed E-state index contributed by atoms with van der Waals surface area (Å²) in [6.07, 6.45) is 2.93. The van der Waals surface area contributed by atoms with E-state index in [9.17, 15) is 9.59 Å². The number of hydrogen-bond acceptors (Lipinski definition) is 3. The van der Waals surface area contributed by atoms with E-state index < -0.39 is 17.4 Å². The number of hydrogen-bond donors (Lipinski definition) is 0. The average molecular weight is 294 g/mol. The quantitative estimate of drug-likeness (QED) is 0.805. The van der Waals surface area contributed by atoms with Crippen molar-refractivity contribution >= 4 is 22.9 Å². The molecule has 1 aromatic carbocycles. The van der Waals surface area contributed by atoms with Crippen molar-refractivity contribution in [2.45, 2.75) is 43.9 Å². The molecule has 5 heteroatoms. The van der Waals surface area contributed by atoms with Gasteiger partial charge in [-0.2, -0.15) is 0 Å². The first-order valence-corrected chi connectivity index (χ1v) is 7.20. The van der Waals surface area contributed by atoms with E-state index in [1.54, 1.807) is 4.90 Å². The fourth-order valence-corrected chi connectivity index (χ4v) is 3.15. The lowest BCUT2D eigenvalue weighted by atomic mass is 10.2. The van der Waals surface area contributed by atoms with Crippen LogP contribution in [-0.4, -0.2) is 27.8 Å². The van der Waals surface area contributed by atoms with Crippen molar-refractivity contribution in [2.24, 2.45) is 0 Å². The van der Waals surface area contributed by atoms with Crippen LogP contribution in [0.2, 0.25) is 0 Å². The third kappa shape index (κ3) is 2.40. The van der Waals surface area contributed by atoms with Crippen LogP contribution in [0, 0.1) is 0 Å². The number of ether oxygens (including phenoxy) is 1. The zero-order valence-electron chi connectivity index (χ0n) is 11.0. The summed E-state index contributed by atoms with van der Waals surface area (Å²) in [7, 11) is 0. The Morgan fingerprint density at radius 3 is 2.55 bits per heavy atom. The Morgan fingerprint density at radius 2 is 1.95 bits per heavy atom. The van der Waals surface area contributed by atoms with Crippen LogP contribution in [0.3, 0.4) is 0 Å². The van der Waals surface area contributed by atoms with Gasteiger partial charge < -0.3 is 4.74 Å². The fourth-order valence-electron chi connectivity index (χ4n) is 2.95. The molecule has 1 heterocycles. The van der Waals surface area contributed by atoms with Gasteiger partial charge in [-0.05, 0) is 42.8 Å². The molecule has 0 radical (unpaired) electrons. The molecule has 1 amide bonds. The molecular weight excluding hydrogens is 278 g/mol. The van der Waals surface area contributed by atoms with Gasteiger partial charge in [0.1, 0.15) is 12.6 Å². The first kappa shape index (κ1) is 13.4. The Balaban J connectivity index is 1.67. The molecule has 2 fully saturated rings. The smallest absolute Gasteiger partial charge is 0.411 e. The largest absolute Gasteiger partial charge is 0.445 e. The Hall–Kier alpha value is -1.55. The molecule has 0 bridgehead atoms. The van der Waals surface area contributed by atoms with E-state index >= 15 is 0 Å². The van der Waals surface area contributed by atoms with Crippen molar-refractivity contribution in [1.29, 1.82) is 0 Å². The second kappa shape index (κ2) is 5.09. The first-order valence-electron chi connectivity index (χ1n) is 6.82. The van der Waals surface area contributed by atoms with E-state index in [2.05, 4.69) is 0 Å². The highest BCUT2D eigenvalue weighted by Gasteiger charge is 2.58. The zero-order chi connectivity index (χ0) is 14.2. The van der Waals surface area contributed by atoms with Crippen molar-refractivity contribution in [3.63, 3.8) is 0 Å². The van der Waals surface area contributed by atoms with E-state index in [1.807, 2.05) is 30.3 Å². The third-order valence-electron chi connectivity index (χ3n) is 4.20. The molecule has 1 saturated heterocycles. The Bertz CT molecular complexity index is 527. The molecule has 0 N–H and O–H groups in total. The van der Waals surface area contributed by atoms with Crippen LogP contribution in [0.5, 0.6) is 0 Å². The van der Waals surface area contributed by atoms with Crippen LogP contribution in [0.25, 0.3) is 0 Å². The summed E-state index contributed by atoms with van der Waals surface area (Å²) in [5, 5.41) is -0.467. The van der Waals surface area contributed by atoms with Gasteiger partial charge in [-0.25, -0.2) is 4.79 Å². The fraction of sp³-hybridized carbons (Fsp3) is 0.467. The van der Waals surface area contributed by atoms with Gasteiger partial charge in [0, 0.05) is 5.54 Å². The molecule has 0 aromatic heterocycles. The second-order valence-electron chi connectivity index (χ2n) is 5.49. The van der Waals surface area contributed by atoms with Crippen molar-refractivity contribution in [1.82, 2.24) is 4.90 Å². The minimum Gasteiger partial charge on any atom is -0.445 e. The molecule has 3 rings (SSSR count). The van der Waals surface area contributed by atoms with E-state index in [0.717, 1.165) is 24.8 Å². The van der Waals surface area contributed by atoms with Gasteiger partial charge >= 0.3 is 6.09 Å². The van der Waals surface area contributed by atoms with Crippen LogP contribution in [0.1, 0.15) is 31.2 Å². The van der Waals surface area contributed by atoms with Gasteiger partial charge in [-0.15, -0.1) is 0 Å². The number of likely N-dealkylation sites (tertiary alicyclic amines) is 1. The molecular formula is C15H16ClNO3. The highest BCUT2D eigenvalue weighted by Crippen LogP contribution is 2.52. The predicted molar refractivity (Wildman–Crippen MR) is 74.3 cm³/mol.